The Hall–Kier alpha value is 2.32. The molecule has 0 N–H and O–H groups in total. The van der Waals surface area contributed by atoms with Crippen LogP contribution in [0.4, 0.5) is 0 Å². The SMILES string of the molecule is Cc1ccc(CC2CCC2)cc1.IC1CCC1.[I-].[K+]. The van der Waals surface area contributed by atoms with E-state index in [0.29, 0.717) is 0 Å². The van der Waals surface area contributed by atoms with E-state index in [4.69, 9.17) is 0 Å². The summed E-state index contributed by atoms with van der Waals surface area (Å²) in [5.41, 5.74) is 2.89. The molecule has 0 atom stereocenters. The molecule has 0 amide bonds. The Balaban J connectivity index is 0.000000399. The zero-order valence-electron chi connectivity index (χ0n) is 12.2. The van der Waals surface area contributed by atoms with E-state index in [-0.39, 0.29) is 75.4 Å². The zero-order chi connectivity index (χ0) is 12.1. The van der Waals surface area contributed by atoms with Crippen LogP contribution in [-0.4, -0.2) is 3.92 Å². The van der Waals surface area contributed by atoms with E-state index in [2.05, 4.69) is 53.8 Å². The summed E-state index contributed by atoms with van der Waals surface area (Å²) in [5, 5.41) is 0. The van der Waals surface area contributed by atoms with Crippen LogP contribution in [0.25, 0.3) is 0 Å². The predicted molar refractivity (Wildman–Crippen MR) is 83.9 cm³/mol. The van der Waals surface area contributed by atoms with E-state index in [9.17, 15) is 0 Å². The topological polar surface area (TPSA) is 0 Å². The van der Waals surface area contributed by atoms with Crippen molar-refractivity contribution in [3.8, 4) is 0 Å². The van der Waals surface area contributed by atoms with Gasteiger partial charge in [-0.25, -0.2) is 0 Å². The third kappa shape index (κ3) is 8.50. The van der Waals surface area contributed by atoms with E-state index < -0.39 is 0 Å². The van der Waals surface area contributed by atoms with Crippen molar-refractivity contribution in [2.75, 3.05) is 0 Å². The summed E-state index contributed by atoms with van der Waals surface area (Å²) in [5.74, 6) is 0.993. The third-order valence-electron chi connectivity index (χ3n) is 3.90. The maximum absolute atomic E-state index is 2.49. The van der Waals surface area contributed by atoms with Crippen LogP contribution in [0.2, 0.25) is 0 Å². The Morgan fingerprint density at radius 3 is 1.79 bits per heavy atom. The number of benzene rings is 1. The van der Waals surface area contributed by atoms with Crippen LogP contribution in [0.3, 0.4) is 0 Å². The minimum atomic E-state index is 0. The molecule has 0 saturated heterocycles. The first-order valence-corrected chi connectivity index (χ1v) is 8.18. The Morgan fingerprint density at radius 1 is 1.00 bits per heavy atom. The molecular weight excluding hydrogens is 485 g/mol. The molecule has 2 aliphatic carbocycles. The fourth-order valence-corrected chi connectivity index (χ4v) is 2.99. The molecule has 0 aliphatic heterocycles. The largest absolute Gasteiger partial charge is 1.00 e. The average molecular weight is 508 g/mol. The van der Waals surface area contributed by atoms with Gasteiger partial charge in [0, 0.05) is 3.92 Å². The normalized spacial score (nSPS) is 17.8. The van der Waals surface area contributed by atoms with Gasteiger partial charge in [-0.1, -0.05) is 78.1 Å². The van der Waals surface area contributed by atoms with Gasteiger partial charge in [0.05, 0.1) is 0 Å². The number of rotatable bonds is 2. The third-order valence-corrected chi connectivity index (χ3v) is 5.15. The summed E-state index contributed by atoms with van der Waals surface area (Å²) >= 11 is 2.49. The Labute approximate surface area is 191 Å². The molecule has 2 fully saturated rings. The van der Waals surface area contributed by atoms with Crippen LogP contribution >= 0.6 is 22.6 Å². The van der Waals surface area contributed by atoms with Gasteiger partial charge in [0.15, 0.2) is 0 Å². The van der Waals surface area contributed by atoms with Crippen LogP contribution in [0.15, 0.2) is 24.3 Å². The van der Waals surface area contributed by atoms with Gasteiger partial charge in [0.25, 0.3) is 0 Å². The van der Waals surface area contributed by atoms with Gasteiger partial charge < -0.3 is 24.0 Å². The number of halogens is 2. The van der Waals surface area contributed by atoms with Gasteiger partial charge in [0.1, 0.15) is 0 Å². The van der Waals surface area contributed by atoms with E-state index >= 15 is 0 Å². The quantitative estimate of drug-likeness (QED) is 0.283. The molecule has 0 heterocycles. The van der Waals surface area contributed by atoms with Crippen molar-refractivity contribution >= 4 is 22.6 Å². The second-order valence-electron chi connectivity index (χ2n) is 5.51. The van der Waals surface area contributed by atoms with E-state index in [1.807, 2.05) is 0 Å². The van der Waals surface area contributed by atoms with Crippen LogP contribution in [0, 0.1) is 12.8 Å². The van der Waals surface area contributed by atoms with Crippen molar-refractivity contribution in [1.29, 1.82) is 0 Å². The summed E-state index contributed by atoms with van der Waals surface area (Å²) in [7, 11) is 0. The second-order valence-corrected chi connectivity index (χ2v) is 7.28. The van der Waals surface area contributed by atoms with E-state index in [0.717, 1.165) is 9.84 Å². The van der Waals surface area contributed by atoms with Crippen molar-refractivity contribution in [3.63, 3.8) is 0 Å². The van der Waals surface area contributed by atoms with E-state index in [1.54, 1.807) is 0 Å². The summed E-state index contributed by atoms with van der Waals surface area (Å²) in [6, 6.07) is 8.98. The van der Waals surface area contributed by atoms with Crippen molar-refractivity contribution in [1.82, 2.24) is 0 Å². The van der Waals surface area contributed by atoms with Gasteiger partial charge in [-0.15, -0.1) is 0 Å². The monoisotopic (exact) mass is 508 g/mol. The molecule has 0 spiro atoms. The van der Waals surface area contributed by atoms with Gasteiger partial charge >= 0.3 is 51.4 Å². The Bertz CT molecular complexity index is 329. The van der Waals surface area contributed by atoms with E-state index in [1.165, 1.54) is 56.1 Å². The van der Waals surface area contributed by atoms with Crippen LogP contribution in [0.1, 0.15) is 49.7 Å². The van der Waals surface area contributed by atoms with Gasteiger partial charge in [-0.3, -0.25) is 0 Å². The molecule has 3 rings (SSSR count). The molecular formula is C16H23I2K. The summed E-state index contributed by atoms with van der Waals surface area (Å²) in [4.78, 5) is 0. The molecule has 2 aliphatic rings. The number of aryl methyl sites for hydroxylation is 1. The summed E-state index contributed by atoms with van der Waals surface area (Å²) < 4.78 is 1.03. The van der Waals surface area contributed by atoms with Crippen molar-refractivity contribution in [2.45, 2.75) is 55.8 Å². The van der Waals surface area contributed by atoms with Crippen LogP contribution in [-0.2, 0) is 6.42 Å². The summed E-state index contributed by atoms with van der Waals surface area (Å²) in [6.07, 6.45) is 10.1. The fraction of sp³-hybridized carbons (Fsp3) is 0.625. The minimum absolute atomic E-state index is 0. The smallest absolute Gasteiger partial charge is 1.00 e. The molecule has 2 saturated carbocycles. The molecule has 0 bridgehead atoms. The van der Waals surface area contributed by atoms with Crippen molar-refractivity contribution < 1.29 is 75.4 Å². The van der Waals surface area contributed by atoms with Crippen LogP contribution in [0.5, 0.6) is 0 Å². The predicted octanol–water partition coefficient (Wildman–Crippen LogP) is -0.680. The molecule has 0 radical (unpaired) electrons. The second kappa shape index (κ2) is 11.8. The molecule has 0 nitrogen and oxygen atoms in total. The average Bonchev–Trinajstić information content (AvgIpc) is 2.24. The van der Waals surface area contributed by atoms with Crippen molar-refractivity contribution in [3.05, 3.63) is 35.4 Å². The van der Waals surface area contributed by atoms with Gasteiger partial charge in [-0.2, -0.15) is 0 Å². The first kappa shape index (κ1) is 21.3. The standard InChI is InChI=1S/C12H16.C4H7I.HI.K/c1-10-5-7-12(8-6-10)9-11-3-2-4-11;5-4-2-1-3-4;;/h5-8,11H,2-4,9H2,1H3;4H,1-3H2;1H;/q;;;+1/p-1. The molecule has 0 unspecified atom stereocenters. The first-order chi connectivity index (χ1) is 8.24. The molecule has 0 aromatic heterocycles. The molecule has 1 aromatic carbocycles. The molecule has 1 aromatic rings. The van der Waals surface area contributed by atoms with Crippen molar-refractivity contribution in [2.24, 2.45) is 5.92 Å². The Kier molecular flexibility index (Phi) is 13.3. The van der Waals surface area contributed by atoms with Crippen LogP contribution < -0.4 is 75.4 Å². The minimum Gasteiger partial charge on any atom is -1.00 e. The first-order valence-electron chi connectivity index (χ1n) is 6.93. The maximum Gasteiger partial charge on any atom is 1.00 e. The maximum atomic E-state index is 2.49. The number of hydrogen-bond donors (Lipinski definition) is 0. The Morgan fingerprint density at radius 2 is 1.47 bits per heavy atom. The van der Waals surface area contributed by atoms with Gasteiger partial charge in [0.2, 0.25) is 0 Å². The fourth-order valence-electron chi connectivity index (χ4n) is 2.11. The number of hydrogen-bond acceptors (Lipinski definition) is 0. The number of alkyl halides is 1. The molecule has 19 heavy (non-hydrogen) atoms. The zero-order valence-corrected chi connectivity index (χ0v) is 19.6. The van der Waals surface area contributed by atoms with Gasteiger partial charge in [-0.05, 0) is 37.7 Å². The summed E-state index contributed by atoms with van der Waals surface area (Å²) in [6.45, 7) is 2.15. The molecule has 3 heteroatoms. The molecule has 102 valence electrons.